The van der Waals surface area contributed by atoms with Crippen molar-refractivity contribution in [2.75, 3.05) is 9.62 Å². The lowest BCUT2D eigenvalue weighted by Gasteiger charge is -2.39. The summed E-state index contributed by atoms with van der Waals surface area (Å²) >= 11 is 6.71. The maximum absolute atomic E-state index is 15.7. The van der Waals surface area contributed by atoms with Crippen molar-refractivity contribution in [2.24, 2.45) is 10.9 Å². The highest BCUT2D eigenvalue weighted by Crippen LogP contribution is 2.68. The predicted molar refractivity (Wildman–Crippen MR) is 237 cm³/mol. The zero-order chi connectivity index (χ0) is 49.4. The number of alkyl halides is 6. The molecule has 0 spiro atoms. The normalized spacial score (nSPS) is 22.5. The van der Waals surface area contributed by atoms with Gasteiger partial charge in [-0.3, -0.25) is 23.8 Å². The van der Waals surface area contributed by atoms with E-state index in [1.807, 2.05) is 27.7 Å². The minimum Gasteiger partial charge on any atom is -0.399 e. The number of fused-ring (bicyclic) bond motifs is 5. The first-order valence-corrected chi connectivity index (χ1v) is 23.8. The van der Waals surface area contributed by atoms with E-state index in [9.17, 15) is 44.7 Å². The Morgan fingerprint density at radius 3 is 2.29 bits per heavy atom. The summed E-state index contributed by atoms with van der Waals surface area (Å²) in [5.74, 6) is -9.64. The molecule has 5 aliphatic rings. The number of benzene rings is 3. The standard InChI is InChI=1S/C44H42BClF8N8O6S/c1-42(2)43(3,4)68-45(67-42)20-5-8-24-28(14-20)56-40(62(41(24)64)30-10-9-27(46)34-36(30)60(17-31(49)50)58-39(34)59-69(65,66)23-6-7-23)29(13-19-11-21(47)15-22(48)12-19)55-32(63)18-61-37-33(35(57-61)38(51)52)25-16-26(25)44(37,53)54/h5,8-12,14-15,23,25-26,29,31,38,41,64H,6-7,13,16-18H2,1-4H3,(H,55,63)(H,58,59)/t25-,26+,29-,41?/m0/s1. The molecule has 3 N–H and O–H groups in total. The van der Waals surface area contributed by atoms with Crippen LogP contribution < -0.4 is 20.4 Å². The number of aliphatic imine (C=N–C) groups is 1. The Morgan fingerprint density at radius 1 is 0.971 bits per heavy atom. The maximum atomic E-state index is 15.7. The number of aliphatic hydroxyl groups is 1. The van der Waals surface area contributed by atoms with E-state index >= 15 is 8.78 Å². The first-order valence-electron chi connectivity index (χ1n) is 21.9. The van der Waals surface area contributed by atoms with Gasteiger partial charge in [0.1, 0.15) is 41.9 Å². The van der Waals surface area contributed by atoms with Gasteiger partial charge in [-0.05, 0) is 94.2 Å². The molecular formula is C44H42BClF8N8O6S. The molecule has 5 aromatic rings. The van der Waals surface area contributed by atoms with Gasteiger partial charge in [-0.2, -0.15) is 19.0 Å². The molecule has 1 saturated heterocycles. The minimum atomic E-state index is -4.08. The third kappa shape index (κ3) is 8.22. The van der Waals surface area contributed by atoms with Crippen molar-refractivity contribution in [3.8, 4) is 0 Å². The van der Waals surface area contributed by atoms with Crippen molar-refractivity contribution in [3.63, 3.8) is 0 Å². The second kappa shape index (κ2) is 16.4. The summed E-state index contributed by atoms with van der Waals surface area (Å²) < 4.78 is 161. The molecule has 10 rings (SSSR count). The number of carbonyl (C=O) groups excluding carboxylic acids is 1. The van der Waals surface area contributed by atoms with E-state index in [1.54, 1.807) is 6.07 Å². The molecule has 2 saturated carbocycles. The zero-order valence-corrected chi connectivity index (χ0v) is 38.5. The average Bonchev–Trinajstić information content (AvgIpc) is 4.15. The van der Waals surface area contributed by atoms with Crippen LogP contribution in [0, 0.1) is 17.6 Å². The Labute approximate surface area is 394 Å². The van der Waals surface area contributed by atoms with E-state index in [4.69, 9.17) is 25.9 Å². The molecule has 1 unspecified atom stereocenters. The Morgan fingerprint density at radius 2 is 1.65 bits per heavy atom. The second-order valence-corrected chi connectivity index (χ2v) is 21.3. The lowest BCUT2D eigenvalue weighted by molar-refractivity contribution is -0.122. The third-order valence-electron chi connectivity index (χ3n) is 13.6. The number of rotatable bonds is 14. The van der Waals surface area contributed by atoms with Crippen LogP contribution in [0.5, 0.6) is 0 Å². The van der Waals surface area contributed by atoms with Crippen LogP contribution in [0.2, 0.25) is 5.02 Å². The Hall–Kier alpha value is -5.30. The minimum absolute atomic E-state index is 0.0400. The number of nitrogens with zero attached hydrogens (tertiary/aromatic N) is 6. The predicted octanol–water partition coefficient (Wildman–Crippen LogP) is 7.75. The third-order valence-corrected chi connectivity index (χ3v) is 15.8. The summed E-state index contributed by atoms with van der Waals surface area (Å²) in [7, 11) is -5.04. The quantitative estimate of drug-likeness (QED) is 0.0746. The number of sulfonamides is 1. The summed E-state index contributed by atoms with van der Waals surface area (Å²) in [5, 5.41) is 22.1. The Bertz CT molecular complexity index is 3060. The SMILES string of the molecule is CC1(C)OB(c2ccc3c(c2)N=C([C@H](Cc2cc(F)cc(F)c2)NC(=O)Cn2nc(C(F)F)c4c2C(F)(F)[C@@H]2C[C@H]42)N(c2ccc(Cl)c4c(NS(=O)(=O)C5CC5)nn(CC(F)F)c24)C3O)OC1(C)C. The number of hydrogen-bond acceptors (Lipinski definition) is 10. The van der Waals surface area contributed by atoms with Crippen LogP contribution in [0.25, 0.3) is 10.9 Å². The van der Waals surface area contributed by atoms with Gasteiger partial charge in [0.25, 0.3) is 18.8 Å². The molecule has 4 atom stereocenters. The van der Waals surface area contributed by atoms with Gasteiger partial charge in [-0.1, -0.05) is 23.7 Å². The molecule has 2 aromatic heterocycles. The molecular weight excluding hydrogens is 967 g/mol. The van der Waals surface area contributed by atoms with Gasteiger partial charge in [-0.25, -0.2) is 39.8 Å². The fourth-order valence-corrected chi connectivity index (χ4v) is 11.0. The van der Waals surface area contributed by atoms with E-state index in [-0.39, 0.29) is 56.2 Å². The monoisotopic (exact) mass is 1010 g/mol. The number of nitrogens with one attached hydrogen (secondary N) is 2. The number of hydrogen-bond donors (Lipinski definition) is 3. The first kappa shape index (κ1) is 47.4. The van der Waals surface area contributed by atoms with E-state index in [2.05, 4.69) is 20.2 Å². The van der Waals surface area contributed by atoms with Gasteiger partial charge in [0, 0.05) is 29.5 Å². The lowest BCUT2D eigenvalue weighted by Crippen LogP contribution is -2.53. The smallest absolute Gasteiger partial charge is 0.399 e. The van der Waals surface area contributed by atoms with Gasteiger partial charge in [-0.15, -0.1) is 0 Å². The van der Waals surface area contributed by atoms with Crippen molar-refractivity contribution in [2.45, 2.75) is 120 Å². The van der Waals surface area contributed by atoms with Crippen molar-refractivity contribution in [3.05, 3.63) is 93.3 Å². The van der Waals surface area contributed by atoms with Crippen molar-refractivity contribution < 1.29 is 62.8 Å². The van der Waals surface area contributed by atoms with E-state index in [1.165, 1.54) is 24.3 Å². The molecule has 0 bridgehead atoms. The van der Waals surface area contributed by atoms with Crippen LogP contribution >= 0.6 is 11.6 Å². The summed E-state index contributed by atoms with van der Waals surface area (Å²) in [6.07, 6.45) is -8.10. The maximum Gasteiger partial charge on any atom is 0.494 e. The molecule has 3 fully saturated rings. The Kier molecular flexibility index (Phi) is 11.3. The number of aromatic nitrogens is 4. The summed E-state index contributed by atoms with van der Waals surface area (Å²) in [6, 6.07) is 8.03. The van der Waals surface area contributed by atoms with Crippen molar-refractivity contribution in [1.82, 2.24) is 24.9 Å². The van der Waals surface area contributed by atoms with Crippen LogP contribution in [-0.4, -0.2) is 80.9 Å². The number of amides is 1. The number of halogens is 9. The van der Waals surface area contributed by atoms with Crippen LogP contribution in [0.3, 0.4) is 0 Å². The van der Waals surface area contributed by atoms with Gasteiger partial charge in [0.2, 0.25) is 15.9 Å². The number of aliphatic hydroxyl groups excluding tert-OH is 1. The molecule has 0 radical (unpaired) electrons. The van der Waals surface area contributed by atoms with Crippen LogP contribution in [0.1, 0.15) is 93.6 Å². The molecule has 69 heavy (non-hydrogen) atoms. The van der Waals surface area contributed by atoms with E-state index < -0.39 is 131 Å². The lowest BCUT2D eigenvalue weighted by atomic mass is 9.78. The highest BCUT2D eigenvalue weighted by atomic mass is 35.5. The molecule has 4 heterocycles. The first-order chi connectivity index (χ1) is 32.3. The molecule has 3 aliphatic carbocycles. The fourth-order valence-electron chi connectivity index (χ4n) is 9.46. The highest BCUT2D eigenvalue weighted by molar-refractivity contribution is 7.93. The molecule has 14 nitrogen and oxygen atoms in total. The van der Waals surface area contributed by atoms with E-state index in [0.29, 0.717) is 29.1 Å². The van der Waals surface area contributed by atoms with Gasteiger partial charge < -0.3 is 19.7 Å². The van der Waals surface area contributed by atoms with Crippen LogP contribution in [-0.2, 0) is 49.6 Å². The number of carbonyl (C=O) groups is 1. The molecule has 25 heteroatoms. The molecule has 3 aromatic carbocycles. The van der Waals surface area contributed by atoms with Gasteiger partial charge in [0.15, 0.2) is 12.0 Å². The molecule has 366 valence electrons. The number of amidine groups is 1. The molecule has 1 amide bonds. The van der Waals surface area contributed by atoms with Gasteiger partial charge >= 0.3 is 7.12 Å². The summed E-state index contributed by atoms with van der Waals surface area (Å²) in [6.45, 7) is 5.15. The largest absolute Gasteiger partial charge is 0.494 e. The summed E-state index contributed by atoms with van der Waals surface area (Å²) in [5.41, 5.74) is -3.61. The van der Waals surface area contributed by atoms with Crippen molar-refractivity contribution in [1.29, 1.82) is 0 Å². The fraction of sp³-hybridized carbons (Fsp3) is 0.455. The van der Waals surface area contributed by atoms with Crippen LogP contribution in [0.4, 0.5) is 52.3 Å². The molecule has 2 aliphatic heterocycles. The Balaban J connectivity index is 1.14. The zero-order valence-electron chi connectivity index (χ0n) is 37.0. The van der Waals surface area contributed by atoms with Gasteiger partial charge in [0.05, 0.1) is 49.8 Å². The summed E-state index contributed by atoms with van der Waals surface area (Å²) in [4.78, 5) is 20.3. The highest BCUT2D eigenvalue weighted by Gasteiger charge is 2.67. The number of anilines is 2. The topological polar surface area (TPSA) is 165 Å². The van der Waals surface area contributed by atoms with Crippen molar-refractivity contribution >= 4 is 74.0 Å². The van der Waals surface area contributed by atoms with Crippen LogP contribution in [0.15, 0.2) is 53.5 Å². The average molecular weight is 1010 g/mol. The second-order valence-electron chi connectivity index (χ2n) is 19.0. The van der Waals surface area contributed by atoms with E-state index in [0.717, 1.165) is 21.7 Å².